The highest BCUT2D eigenvalue weighted by Crippen LogP contribution is 2.09. The highest BCUT2D eigenvalue weighted by atomic mass is 16.5. The van der Waals surface area contributed by atoms with Crippen molar-refractivity contribution in [2.45, 2.75) is 148 Å². The first kappa shape index (κ1) is 86.1. The minimum Gasteiger partial charge on any atom is -0.480 e. The summed E-state index contributed by atoms with van der Waals surface area (Å²) in [5.74, 6) is -5.64. The summed E-state index contributed by atoms with van der Waals surface area (Å²) >= 11 is 0. The molecule has 89 heavy (non-hydrogen) atoms. The van der Waals surface area contributed by atoms with E-state index in [9.17, 15) is 52.7 Å². The van der Waals surface area contributed by atoms with Gasteiger partial charge in [-0.15, -0.1) is 0 Å². The predicted octanol–water partition coefficient (Wildman–Crippen LogP) is -4.98. The SMILES string of the molecule is CC(C)C[C@@H](N)C(=O)N[C@@H](CCCN)CC(=O)NN(C)CC(=O)O.CC(C)[C@H](N)C(=O)N[C@@H](CCCN)CC(=O)NN(C)CC(=O)O.CN(CC(=O)O)NC(=O)C[C@H](CCCN)NC(=O)CN.CN(CC(=O)OCc1ccccc1)NC(=O)C[C@@H](N)CCN. The van der Waals surface area contributed by atoms with E-state index in [-0.39, 0.29) is 124 Å². The first-order valence-corrected chi connectivity index (χ1v) is 29.3. The van der Waals surface area contributed by atoms with Gasteiger partial charge in [-0.3, -0.25) is 74.4 Å². The maximum absolute atomic E-state index is 12.1. The van der Waals surface area contributed by atoms with Crippen LogP contribution in [-0.4, -0.2) is 224 Å². The van der Waals surface area contributed by atoms with Crippen LogP contribution < -0.4 is 83.5 Å². The van der Waals surface area contributed by atoms with Gasteiger partial charge in [0.15, 0.2) is 0 Å². The lowest BCUT2D eigenvalue weighted by Crippen LogP contribution is -2.50. The number of benzene rings is 1. The van der Waals surface area contributed by atoms with Crippen molar-refractivity contribution in [1.29, 1.82) is 0 Å². The lowest BCUT2D eigenvalue weighted by Gasteiger charge is -2.23. The van der Waals surface area contributed by atoms with Gasteiger partial charge >= 0.3 is 23.9 Å². The Bertz CT molecular complexity index is 2220. The summed E-state index contributed by atoms with van der Waals surface area (Å²) in [5, 5.41) is 39.0. The third-order valence-electron chi connectivity index (χ3n) is 11.9. The fourth-order valence-electron chi connectivity index (χ4n) is 7.58. The van der Waals surface area contributed by atoms with E-state index in [2.05, 4.69) is 37.7 Å². The molecule has 34 nitrogen and oxygen atoms in total. The molecule has 26 N–H and O–H groups in total. The van der Waals surface area contributed by atoms with Crippen LogP contribution in [0.25, 0.3) is 0 Å². The van der Waals surface area contributed by atoms with Gasteiger partial charge in [0.05, 0.1) is 18.6 Å². The Kier molecular flexibility index (Phi) is 50.1. The number of ether oxygens (including phenoxy) is 1. The molecule has 1 aromatic carbocycles. The molecule has 0 bridgehead atoms. The topological polar surface area (TPSA) is 563 Å². The first-order chi connectivity index (χ1) is 41.7. The molecule has 0 aliphatic rings. The van der Waals surface area contributed by atoms with Crippen molar-refractivity contribution in [3.8, 4) is 0 Å². The summed E-state index contributed by atoms with van der Waals surface area (Å²) in [5.41, 5.74) is 55.1. The molecule has 0 aromatic heterocycles. The largest absolute Gasteiger partial charge is 0.480 e. The highest BCUT2D eigenvalue weighted by Gasteiger charge is 2.25. The quantitative estimate of drug-likeness (QED) is 0.0215. The fourth-order valence-corrected chi connectivity index (χ4v) is 7.58. The molecule has 512 valence electrons. The highest BCUT2D eigenvalue weighted by molar-refractivity contribution is 5.84. The zero-order valence-electron chi connectivity index (χ0n) is 53.2. The van der Waals surface area contributed by atoms with E-state index in [0.717, 1.165) is 10.6 Å². The molecule has 0 radical (unpaired) electrons. The standard InChI is InChI=1S/C15H31N5O4.C15H24N4O3.C14H29N5O4.C11H23N5O4/c1-10(2)7-12(17)15(24)18-11(5-4-6-16)8-13(21)19-20(3)9-14(22)23;1-19(18-14(20)9-13(17)7-8-16)10-15(21)22-11-12-5-3-2-4-6-12;1-9(2)13(16)14(23)17-10(5-4-6-15)7-11(20)18-19(3)8-12(21)22;1-16(7-11(19)20)15-9(17)5-8(3-2-4-12)14-10(18)6-13/h10-12H,4-9,16-17H2,1-3H3,(H,18,24)(H,19,21)(H,22,23);2-6,13H,7-11,16-17H2,1H3,(H,18,20);9-10,13H,4-8,15-16H2,1-3H3,(H,17,23)(H,18,20)(H,21,22);8H,2-7,12-13H2,1H3,(H,14,18)(H,15,17)(H,19,20)/t11-,12+;13-;10-,13-;8-/m0000/s1. The van der Waals surface area contributed by atoms with Crippen molar-refractivity contribution in [3.05, 3.63) is 35.9 Å². The molecule has 0 heterocycles. The Morgan fingerprint density at radius 1 is 0.483 bits per heavy atom. The van der Waals surface area contributed by atoms with Crippen LogP contribution in [0.5, 0.6) is 0 Å². The first-order valence-electron chi connectivity index (χ1n) is 29.3. The molecule has 6 atom stereocenters. The summed E-state index contributed by atoms with van der Waals surface area (Å²) in [4.78, 5) is 126. The second-order valence-corrected chi connectivity index (χ2v) is 21.7. The minimum atomic E-state index is -1.05. The Balaban J connectivity index is -0.00000111. The van der Waals surface area contributed by atoms with Crippen molar-refractivity contribution in [3.63, 3.8) is 0 Å². The molecule has 0 fully saturated rings. The molecule has 34 heteroatoms. The fraction of sp³-hybridized carbons (Fsp3) is 0.691. The van der Waals surface area contributed by atoms with E-state index < -0.39 is 48.0 Å². The number of hydrazine groups is 4. The van der Waals surface area contributed by atoms with Gasteiger partial charge in [-0.2, -0.15) is 0 Å². The number of rotatable bonds is 42. The van der Waals surface area contributed by atoms with Crippen LogP contribution in [0.15, 0.2) is 30.3 Å². The number of aliphatic carboxylic acids is 3. The third-order valence-corrected chi connectivity index (χ3v) is 11.9. The molecule has 0 aliphatic heterocycles. The molecular formula is C55H107N19O15. The van der Waals surface area contributed by atoms with Gasteiger partial charge < -0.3 is 81.9 Å². The zero-order chi connectivity index (χ0) is 68.6. The molecule has 0 unspecified atom stereocenters. The van der Waals surface area contributed by atoms with Crippen molar-refractivity contribution < 1.29 is 72.8 Å². The Labute approximate surface area is 522 Å². The van der Waals surface area contributed by atoms with Crippen LogP contribution in [0.4, 0.5) is 0 Å². The number of esters is 1. The van der Waals surface area contributed by atoms with Crippen molar-refractivity contribution in [2.75, 3.05) is 87.1 Å². The van der Waals surface area contributed by atoms with Crippen LogP contribution in [0.3, 0.4) is 0 Å². The second kappa shape index (κ2) is 51.8. The smallest absolute Gasteiger partial charge is 0.322 e. The number of nitrogens with zero attached hydrogens (tertiary/aromatic N) is 4. The molecule has 0 saturated carbocycles. The van der Waals surface area contributed by atoms with Gasteiger partial charge in [0, 0.05) is 78.0 Å². The Morgan fingerprint density at radius 2 is 0.854 bits per heavy atom. The van der Waals surface area contributed by atoms with E-state index in [1.165, 1.54) is 36.2 Å². The number of hydrogen-bond donors (Lipinski definition) is 18. The molecule has 1 aromatic rings. The van der Waals surface area contributed by atoms with Crippen LogP contribution in [0, 0.1) is 11.8 Å². The van der Waals surface area contributed by atoms with Crippen LogP contribution in [0.2, 0.25) is 0 Å². The van der Waals surface area contributed by atoms with Gasteiger partial charge in [-0.25, -0.2) is 20.0 Å². The molecular weight excluding hydrogens is 1170 g/mol. The average Bonchev–Trinajstić information content (AvgIpc) is 3.43. The van der Waals surface area contributed by atoms with Gasteiger partial charge in [-0.1, -0.05) is 58.0 Å². The number of carboxylic acids is 3. The maximum atomic E-state index is 12.1. The summed E-state index contributed by atoms with van der Waals surface area (Å²) in [6.07, 6.45) is 5.02. The summed E-state index contributed by atoms with van der Waals surface area (Å²) < 4.78 is 5.13. The molecule has 0 spiro atoms. The van der Waals surface area contributed by atoms with E-state index in [4.69, 9.17) is 65.9 Å². The Morgan fingerprint density at radius 3 is 1.20 bits per heavy atom. The molecule has 1 rings (SSSR count). The number of nitrogens with two attached hydrogens (primary N) is 8. The number of carbonyl (C=O) groups is 11. The summed E-state index contributed by atoms with van der Waals surface area (Å²) in [7, 11) is 5.95. The van der Waals surface area contributed by atoms with Gasteiger partial charge in [0.2, 0.25) is 41.4 Å². The van der Waals surface area contributed by atoms with Gasteiger partial charge in [0.25, 0.3) is 0 Å². The predicted molar refractivity (Wildman–Crippen MR) is 332 cm³/mol. The van der Waals surface area contributed by atoms with Crippen LogP contribution in [-0.2, 0) is 64.1 Å². The maximum Gasteiger partial charge on any atom is 0.322 e. The Hall–Kier alpha value is -7.09. The number of amides is 7. The van der Waals surface area contributed by atoms with E-state index in [1.54, 1.807) is 7.05 Å². The van der Waals surface area contributed by atoms with Crippen molar-refractivity contribution in [1.82, 2.24) is 57.7 Å². The zero-order valence-corrected chi connectivity index (χ0v) is 53.2. The number of carbonyl (C=O) groups excluding carboxylic acids is 8. The second-order valence-electron chi connectivity index (χ2n) is 21.7. The van der Waals surface area contributed by atoms with Gasteiger partial charge in [0.1, 0.15) is 32.8 Å². The lowest BCUT2D eigenvalue weighted by atomic mass is 10.0. The van der Waals surface area contributed by atoms with E-state index in [0.29, 0.717) is 83.5 Å². The number of nitrogens with one attached hydrogen (secondary N) is 7. The normalized spacial score (nSPS) is 12.9. The molecule has 0 saturated heterocycles. The lowest BCUT2D eigenvalue weighted by molar-refractivity contribution is -0.148. The third kappa shape index (κ3) is 51.5. The number of likely N-dealkylation sites (N-methyl/N-ethyl adjacent to an activating group) is 4. The average molecular weight is 1270 g/mol. The summed E-state index contributed by atoms with van der Waals surface area (Å²) in [6, 6.07) is 6.69. The van der Waals surface area contributed by atoms with Crippen molar-refractivity contribution in [2.24, 2.45) is 57.7 Å². The minimum absolute atomic E-state index is 0.0133. The van der Waals surface area contributed by atoms with Crippen molar-refractivity contribution >= 4 is 65.2 Å². The molecule has 0 aliphatic carbocycles. The number of carboxylic acid groups (broad SMARTS) is 3. The van der Waals surface area contributed by atoms with E-state index in [1.807, 2.05) is 58.0 Å². The van der Waals surface area contributed by atoms with Gasteiger partial charge in [-0.05, 0) is 94.9 Å². The van der Waals surface area contributed by atoms with Crippen LogP contribution >= 0.6 is 0 Å². The monoisotopic (exact) mass is 1270 g/mol. The van der Waals surface area contributed by atoms with Crippen LogP contribution in [0.1, 0.15) is 110 Å². The molecule has 7 amide bonds. The summed E-state index contributed by atoms with van der Waals surface area (Å²) in [6.45, 7) is 8.50. The number of hydrogen-bond acceptors (Lipinski definition) is 24. The van der Waals surface area contributed by atoms with E-state index >= 15 is 0 Å².